The van der Waals surface area contributed by atoms with E-state index in [1.807, 2.05) is 12.1 Å². The standard InChI is InChI=1S/C15H8Br2ClNO2/c16-9-5-4-8(12(18)6-9)7-19-13-10(14(20)15(19)21)2-1-3-11(13)17/h1-6H,7H2. The number of rotatable bonds is 2. The lowest BCUT2D eigenvalue weighted by Crippen LogP contribution is -2.29. The molecule has 0 bridgehead atoms. The minimum absolute atomic E-state index is 0.256. The molecule has 0 aromatic heterocycles. The molecule has 0 atom stereocenters. The number of anilines is 1. The van der Waals surface area contributed by atoms with Crippen molar-refractivity contribution < 1.29 is 9.59 Å². The van der Waals surface area contributed by atoms with Gasteiger partial charge < -0.3 is 0 Å². The first kappa shape index (κ1) is 14.8. The predicted octanol–water partition coefficient (Wildman–Crippen LogP) is 4.59. The number of carbonyl (C=O) groups excluding carboxylic acids is 2. The first-order chi connectivity index (χ1) is 9.99. The van der Waals surface area contributed by atoms with Crippen molar-refractivity contribution in [2.24, 2.45) is 0 Å². The molecule has 0 spiro atoms. The van der Waals surface area contributed by atoms with E-state index in [-0.39, 0.29) is 6.54 Å². The molecule has 3 nitrogen and oxygen atoms in total. The number of benzene rings is 2. The summed E-state index contributed by atoms with van der Waals surface area (Å²) in [5.74, 6) is -1.02. The second-order valence-electron chi connectivity index (χ2n) is 4.59. The number of amides is 1. The maximum absolute atomic E-state index is 12.2. The van der Waals surface area contributed by atoms with E-state index in [2.05, 4.69) is 31.9 Å². The molecule has 1 heterocycles. The van der Waals surface area contributed by atoms with Gasteiger partial charge in [-0.05, 0) is 45.8 Å². The summed E-state index contributed by atoms with van der Waals surface area (Å²) in [4.78, 5) is 25.7. The van der Waals surface area contributed by atoms with Gasteiger partial charge in [0.05, 0.1) is 17.8 Å². The van der Waals surface area contributed by atoms with Crippen LogP contribution in [0.1, 0.15) is 15.9 Å². The third-order valence-corrected chi connectivity index (χ3v) is 4.77. The van der Waals surface area contributed by atoms with E-state index in [1.165, 1.54) is 4.90 Å². The number of para-hydroxylation sites is 1. The van der Waals surface area contributed by atoms with Crippen LogP contribution in [0.4, 0.5) is 5.69 Å². The van der Waals surface area contributed by atoms with Crippen molar-refractivity contribution in [3.63, 3.8) is 0 Å². The van der Waals surface area contributed by atoms with E-state index in [4.69, 9.17) is 11.6 Å². The van der Waals surface area contributed by atoms with Crippen LogP contribution in [0.5, 0.6) is 0 Å². The molecule has 0 fully saturated rings. The van der Waals surface area contributed by atoms with Crippen LogP contribution in [0.3, 0.4) is 0 Å². The van der Waals surface area contributed by atoms with Gasteiger partial charge in [-0.2, -0.15) is 0 Å². The van der Waals surface area contributed by atoms with Gasteiger partial charge in [-0.3, -0.25) is 14.5 Å². The summed E-state index contributed by atoms with van der Waals surface area (Å²) in [5, 5.41) is 0.546. The summed E-state index contributed by atoms with van der Waals surface area (Å²) in [6, 6.07) is 10.7. The van der Waals surface area contributed by atoms with Crippen molar-refractivity contribution in [1.82, 2.24) is 0 Å². The molecule has 0 unspecified atom stereocenters. The van der Waals surface area contributed by atoms with Crippen LogP contribution >= 0.6 is 43.5 Å². The van der Waals surface area contributed by atoms with Crippen molar-refractivity contribution >= 4 is 60.8 Å². The Balaban J connectivity index is 2.04. The molecule has 0 N–H and O–H groups in total. The largest absolute Gasteiger partial charge is 0.299 e. The lowest BCUT2D eigenvalue weighted by atomic mass is 10.1. The van der Waals surface area contributed by atoms with Crippen molar-refractivity contribution in [2.75, 3.05) is 4.90 Å². The maximum Gasteiger partial charge on any atom is 0.299 e. The zero-order valence-electron chi connectivity index (χ0n) is 10.6. The minimum Gasteiger partial charge on any atom is -0.299 e. The van der Waals surface area contributed by atoms with Crippen LogP contribution in [0.2, 0.25) is 5.02 Å². The highest BCUT2D eigenvalue weighted by molar-refractivity contribution is 9.10. The Bertz CT molecular complexity index is 776. The fraction of sp³-hybridized carbons (Fsp3) is 0.0667. The molecule has 1 aliphatic rings. The summed E-state index contributed by atoms with van der Waals surface area (Å²) in [6.07, 6.45) is 0. The summed E-state index contributed by atoms with van der Waals surface area (Å²) in [7, 11) is 0. The number of nitrogens with zero attached hydrogens (tertiary/aromatic N) is 1. The number of Topliss-reactive ketones (excluding diaryl/α,β-unsaturated/α-hetero) is 1. The lowest BCUT2D eigenvalue weighted by molar-refractivity contribution is -0.114. The van der Waals surface area contributed by atoms with Crippen molar-refractivity contribution in [1.29, 1.82) is 0 Å². The van der Waals surface area contributed by atoms with Crippen molar-refractivity contribution in [3.8, 4) is 0 Å². The Kier molecular flexibility index (Phi) is 3.90. The number of ketones is 1. The zero-order chi connectivity index (χ0) is 15.1. The molecule has 6 heteroatoms. The Morgan fingerprint density at radius 2 is 1.86 bits per heavy atom. The lowest BCUT2D eigenvalue weighted by Gasteiger charge is -2.18. The first-order valence-electron chi connectivity index (χ1n) is 6.07. The van der Waals surface area contributed by atoms with Gasteiger partial charge in [0.15, 0.2) is 0 Å². The van der Waals surface area contributed by atoms with E-state index in [1.54, 1.807) is 24.3 Å². The molecule has 0 saturated heterocycles. The van der Waals surface area contributed by atoms with Gasteiger partial charge in [0.1, 0.15) is 0 Å². The van der Waals surface area contributed by atoms with Gasteiger partial charge in [-0.25, -0.2) is 0 Å². The van der Waals surface area contributed by atoms with Crippen LogP contribution in [0, 0.1) is 0 Å². The van der Waals surface area contributed by atoms with Gasteiger partial charge in [-0.15, -0.1) is 0 Å². The quantitative estimate of drug-likeness (QED) is 0.655. The number of halogens is 3. The van der Waals surface area contributed by atoms with Gasteiger partial charge in [-0.1, -0.05) is 39.7 Å². The van der Waals surface area contributed by atoms with E-state index in [0.717, 1.165) is 10.0 Å². The molecule has 3 rings (SSSR count). The number of hydrogen-bond acceptors (Lipinski definition) is 2. The average Bonchev–Trinajstić information content (AvgIpc) is 2.68. The van der Waals surface area contributed by atoms with Crippen LogP contribution in [-0.4, -0.2) is 11.7 Å². The number of carbonyl (C=O) groups is 2. The number of hydrogen-bond donors (Lipinski definition) is 0. The Morgan fingerprint density at radius 1 is 1.10 bits per heavy atom. The Morgan fingerprint density at radius 3 is 2.57 bits per heavy atom. The van der Waals surface area contributed by atoms with E-state index in [0.29, 0.717) is 20.7 Å². The smallest absolute Gasteiger partial charge is 0.299 e. The Hall–Kier alpha value is -1.17. The van der Waals surface area contributed by atoms with Crippen molar-refractivity contribution in [3.05, 3.63) is 61.5 Å². The average molecular weight is 429 g/mol. The minimum atomic E-state index is -0.532. The predicted molar refractivity (Wildman–Crippen MR) is 88.8 cm³/mol. The molecule has 0 saturated carbocycles. The highest BCUT2D eigenvalue weighted by atomic mass is 79.9. The summed E-state index contributed by atoms with van der Waals surface area (Å²) in [5.41, 5.74) is 1.80. The fourth-order valence-electron chi connectivity index (χ4n) is 2.28. The van der Waals surface area contributed by atoms with Gasteiger partial charge in [0.25, 0.3) is 11.7 Å². The molecule has 106 valence electrons. The van der Waals surface area contributed by atoms with E-state index < -0.39 is 11.7 Å². The molecular weight excluding hydrogens is 421 g/mol. The SMILES string of the molecule is O=C1C(=O)N(Cc2ccc(Br)cc2Cl)c2c(Br)cccc21. The van der Waals surface area contributed by atoms with Gasteiger partial charge >= 0.3 is 0 Å². The summed E-state index contributed by atoms with van der Waals surface area (Å²) in [6.45, 7) is 0.256. The van der Waals surface area contributed by atoms with Crippen LogP contribution < -0.4 is 4.90 Å². The van der Waals surface area contributed by atoms with Crippen LogP contribution in [-0.2, 0) is 11.3 Å². The van der Waals surface area contributed by atoms with E-state index in [9.17, 15) is 9.59 Å². The van der Waals surface area contributed by atoms with Crippen LogP contribution in [0.25, 0.3) is 0 Å². The molecule has 1 amide bonds. The second kappa shape index (κ2) is 5.55. The molecule has 1 aliphatic heterocycles. The second-order valence-corrected chi connectivity index (χ2v) is 6.77. The number of fused-ring (bicyclic) bond motifs is 1. The van der Waals surface area contributed by atoms with Gasteiger partial charge in [0.2, 0.25) is 0 Å². The fourth-order valence-corrected chi connectivity index (χ4v) is 3.60. The highest BCUT2D eigenvalue weighted by Crippen LogP contribution is 2.37. The zero-order valence-corrected chi connectivity index (χ0v) is 14.5. The molecular formula is C15H8Br2ClNO2. The molecule has 2 aromatic carbocycles. The summed E-state index contributed by atoms with van der Waals surface area (Å²) >= 11 is 12.9. The third-order valence-electron chi connectivity index (χ3n) is 3.28. The van der Waals surface area contributed by atoms with Crippen molar-refractivity contribution in [2.45, 2.75) is 6.54 Å². The molecule has 0 aliphatic carbocycles. The van der Waals surface area contributed by atoms with Crippen LogP contribution in [0.15, 0.2) is 45.3 Å². The van der Waals surface area contributed by atoms with Gasteiger partial charge in [0, 0.05) is 14.0 Å². The summed E-state index contributed by atoms with van der Waals surface area (Å²) < 4.78 is 1.58. The highest BCUT2D eigenvalue weighted by Gasteiger charge is 2.37. The monoisotopic (exact) mass is 427 g/mol. The van der Waals surface area contributed by atoms with E-state index >= 15 is 0 Å². The molecule has 2 aromatic rings. The Labute approximate surface area is 143 Å². The first-order valence-corrected chi connectivity index (χ1v) is 8.04. The molecule has 0 radical (unpaired) electrons. The molecule has 21 heavy (non-hydrogen) atoms. The third kappa shape index (κ3) is 2.54. The topological polar surface area (TPSA) is 37.4 Å². The normalized spacial score (nSPS) is 13.8. The maximum atomic E-state index is 12.2.